The molecule has 0 radical (unpaired) electrons. The van der Waals surface area contributed by atoms with Gasteiger partial charge in [-0.25, -0.2) is 4.79 Å². The number of rotatable bonds is 4. The molecule has 1 aromatic heterocycles. The summed E-state index contributed by atoms with van der Waals surface area (Å²) in [5, 5.41) is 2.83. The topological polar surface area (TPSA) is 73.5 Å². The van der Waals surface area contributed by atoms with Crippen LogP contribution in [-0.2, 0) is 13.6 Å². The monoisotopic (exact) mass is 312 g/mol. The van der Waals surface area contributed by atoms with E-state index in [-0.39, 0.29) is 5.91 Å². The molecule has 6 heteroatoms. The van der Waals surface area contributed by atoms with Gasteiger partial charge < -0.3 is 14.5 Å². The Balaban J connectivity index is 1.74. The Morgan fingerprint density at radius 3 is 2.87 bits per heavy atom. The van der Waals surface area contributed by atoms with Gasteiger partial charge in [0.25, 0.3) is 5.91 Å². The summed E-state index contributed by atoms with van der Waals surface area (Å²) in [6, 6.07) is 12.3. The normalized spacial score (nSPS) is 10.7. The number of oxazole rings is 1. The Bertz CT molecular complexity index is 924. The molecule has 118 valence electrons. The van der Waals surface area contributed by atoms with Crippen LogP contribution in [0.3, 0.4) is 0 Å². The number of hydrogen-bond acceptors (Lipinski definition) is 4. The molecule has 0 atom stereocenters. The third-order valence-electron chi connectivity index (χ3n) is 3.64. The SMILES string of the molecule is COc1cccc(C(=O)NCc2ccc3c(c2)oc(=O)n3C)c1. The first-order valence-electron chi connectivity index (χ1n) is 7.09. The fourth-order valence-electron chi connectivity index (χ4n) is 2.34. The predicted octanol–water partition coefficient (Wildman–Crippen LogP) is 2.07. The molecule has 0 unspecified atom stereocenters. The Morgan fingerprint density at radius 1 is 1.26 bits per heavy atom. The van der Waals surface area contributed by atoms with Crippen LogP contribution < -0.4 is 15.8 Å². The van der Waals surface area contributed by atoms with Crippen molar-refractivity contribution in [3.8, 4) is 5.75 Å². The second kappa shape index (κ2) is 6.00. The zero-order chi connectivity index (χ0) is 16.4. The molecule has 0 aliphatic rings. The minimum Gasteiger partial charge on any atom is -0.497 e. The first kappa shape index (κ1) is 14.9. The molecule has 0 aliphatic carbocycles. The minimum atomic E-state index is -0.405. The number of fused-ring (bicyclic) bond motifs is 1. The van der Waals surface area contributed by atoms with Crippen LogP contribution in [0.2, 0.25) is 0 Å². The van der Waals surface area contributed by atoms with E-state index in [1.807, 2.05) is 6.07 Å². The Kier molecular flexibility index (Phi) is 3.89. The third kappa shape index (κ3) is 2.96. The fourth-order valence-corrected chi connectivity index (χ4v) is 2.34. The molecule has 2 aromatic carbocycles. The maximum Gasteiger partial charge on any atom is 0.419 e. The molecule has 0 spiro atoms. The number of nitrogens with one attached hydrogen (secondary N) is 1. The maximum atomic E-state index is 12.2. The number of methoxy groups -OCH3 is 1. The van der Waals surface area contributed by atoms with E-state index in [1.165, 1.54) is 4.57 Å². The lowest BCUT2D eigenvalue weighted by Crippen LogP contribution is -2.22. The lowest BCUT2D eigenvalue weighted by molar-refractivity contribution is 0.0950. The van der Waals surface area contributed by atoms with Crippen molar-refractivity contribution in [3.05, 3.63) is 64.1 Å². The summed E-state index contributed by atoms with van der Waals surface area (Å²) in [5.74, 6) is 0.0289. The lowest BCUT2D eigenvalue weighted by atomic mass is 10.1. The second-order valence-electron chi connectivity index (χ2n) is 5.14. The number of ether oxygens (including phenoxy) is 1. The van der Waals surface area contributed by atoms with E-state index in [0.717, 1.165) is 11.1 Å². The Hall–Kier alpha value is -3.02. The van der Waals surface area contributed by atoms with Gasteiger partial charge in [0.1, 0.15) is 5.75 Å². The van der Waals surface area contributed by atoms with Crippen LogP contribution in [-0.4, -0.2) is 17.6 Å². The molecule has 0 aliphatic heterocycles. The molecule has 1 heterocycles. The van der Waals surface area contributed by atoms with Crippen LogP contribution in [0.4, 0.5) is 0 Å². The molecule has 3 aromatic rings. The second-order valence-corrected chi connectivity index (χ2v) is 5.14. The summed E-state index contributed by atoms with van der Waals surface area (Å²) in [6.45, 7) is 0.338. The molecule has 23 heavy (non-hydrogen) atoms. The maximum absolute atomic E-state index is 12.2. The van der Waals surface area contributed by atoms with Crippen LogP contribution in [0.1, 0.15) is 15.9 Å². The largest absolute Gasteiger partial charge is 0.497 e. The molecule has 1 N–H and O–H groups in total. The molecule has 3 rings (SSSR count). The molecule has 1 amide bonds. The number of carbonyl (C=O) groups excluding carboxylic acids is 1. The highest BCUT2D eigenvalue weighted by atomic mass is 16.5. The quantitative estimate of drug-likeness (QED) is 0.800. The average Bonchev–Trinajstić information content (AvgIpc) is 2.86. The Labute approximate surface area is 132 Å². The van der Waals surface area contributed by atoms with Crippen LogP contribution in [0.15, 0.2) is 51.7 Å². The van der Waals surface area contributed by atoms with E-state index in [4.69, 9.17) is 9.15 Å². The van der Waals surface area contributed by atoms with Gasteiger partial charge >= 0.3 is 5.76 Å². The van der Waals surface area contributed by atoms with Gasteiger partial charge in [-0.15, -0.1) is 0 Å². The summed E-state index contributed by atoms with van der Waals surface area (Å²) < 4.78 is 11.7. The molecule has 0 saturated carbocycles. The van der Waals surface area contributed by atoms with E-state index in [0.29, 0.717) is 23.4 Å². The van der Waals surface area contributed by atoms with Gasteiger partial charge in [-0.2, -0.15) is 0 Å². The van der Waals surface area contributed by atoms with Gasteiger partial charge in [0.15, 0.2) is 5.58 Å². The highest BCUT2D eigenvalue weighted by molar-refractivity contribution is 5.94. The van der Waals surface area contributed by atoms with Crippen molar-refractivity contribution in [2.45, 2.75) is 6.54 Å². The van der Waals surface area contributed by atoms with Crippen LogP contribution in [0.25, 0.3) is 11.1 Å². The van der Waals surface area contributed by atoms with E-state index in [1.54, 1.807) is 50.6 Å². The number of hydrogen-bond donors (Lipinski definition) is 1. The van der Waals surface area contributed by atoms with Crippen molar-refractivity contribution in [2.24, 2.45) is 7.05 Å². The molecular formula is C17H16N2O4. The van der Waals surface area contributed by atoms with E-state index in [2.05, 4.69) is 5.32 Å². The summed E-state index contributed by atoms with van der Waals surface area (Å²) in [7, 11) is 3.21. The minimum absolute atomic E-state index is 0.196. The van der Waals surface area contributed by atoms with Crippen molar-refractivity contribution in [3.63, 3.8) is 0 Å². The lowest BCUT2D eigenvalue weighted by Gasteiger charge is -2.07. The molecule has 0 bridgehead atoms. The first-order valence-corrected chi connectivity index (χ1v) is 7.09. The third-order valence-corrected chi connectivity index (χ3v) is 3.64. The van der Waals surface area contributed by atoms with E-state index in [9.17, 15) is 9.59 Å². The number of nitrogens with zero attached hydrogens (tertiary/aromatic N) is 1. The molecule has 0 fully saturated rings. The van der Waals surface area contributed by atoms with E-state index < -0.39 is 5.76 Å². The number of carbonyl (C=O) groups is 1. The molecule has 6 nitrogen and oxygen atoms in total. The van der Waals surface area contributed by atoms with Gasteiger partial charge in [-0.1, -0.05) is 12.1 Å². The van der Waals surface area contributed by atoms with Gasteiger partial charge in [0, 0.05) is 19.2 Å². The Morgan fingerprint density at radius 2 is 2.09 bits per heavy atom. The summed E-state index contributed by atoms with van der Waals surface area (Å²) in [4.78, 5) is 23.6. The summed E-state index contributed by atoms with van der Waals surface area (Å²) in [6.07, 6.45) is 0. The highest BCUT2D eigenvalue weighted by Gasteiger charge is 2.09. The van der Waals surface area contributed by atoms with Crippen molar-refractivity contribution in [1.82, 2.24) is 9.88 Å². The molecular weight excluding hydrogens is 296 g/mol. The van der Waals surface area contributed by atoms with Crippen molar-refractivity contribution in [2.75, 3.05) is 7.11 Å². The number of amides is 1. The smallest absolute Gasteiger partial charge is 0.419 e. The van der Waals surface area contributed by atoms with Crippen LogP contribution in [0.5, 0.6) is 5.75 Å². The number of benzene rings is 2. The van der Waals surface area contributed by atoms with Crippen molar-refractivity contribution >= 4 is 17.0 Å². The number of aromatic nitrogens is 1. The fraction of sp³-hybridized carbons (Fsp3) is 0.176. The van der Waals surface area contributed by atoms with Gasteiger partial charge in [0.05, 0.1) is 12.6 Å². The van der Waals surface area contributed by atoms with Gasteiger partial charge in [-0.3, -0.25) is 9.36 Å². The van der Waals surface area contributed by atoms with Crippen LogP contribution >= 0.6 is 0 Å². The zero-order valence-corrected chi connectivity index (χ0v) is 12.8. The summed E-state index contributed by atoms with van der Waals surface area (Å²) in [5.41, 5.74) is 2.60. The highest BCUT2D eigenvalue weighted by Crippen LogP contribution is 2.15. The zero-order valence-electron chi connectivity index (χ0n) is 12.8. The van der Waals surface area contributed by atoms with Crippen LogP contribution in [0, 0.1) is 0 Å². The summed E-state index contributed by atoms with van der Waals surface area (Å²) >= 11 is 0. The predicted molar refractivity (Wildman–Crippen MR) is 85.6 cm³/mol. The molecule has 0 saturated heterocycles. The van der Waals surface area contributed by atoms with Gasteiger partial charge in [-0.05, 0) is 35.9 Å². The van der Waals surface area contributed by atoms with Crippen molar-refractivity contribution < 1.29 is 13.9 Å². The number of aryl methyl sites for hydroxylation is 1. The standard InChI is InChI=1S/C17H16N2O4/c1-19-14-7-6-11(8-15(14)23-17(19)21)10-18-16(20)12-4-3-5-13(9-12)22-2/h3-9H,10H2,1-2H3,(H,18,20). The van der Waals surface area contributed by atoms with E-state index >= 15 is 0 Å². The van der Waals surface area contributed by atoms with Crippen molar-refractivity contribution in [1.29, 1.82) is 0 Å². The van der Waals surface area contributed by atoms with Gasteiger partial charge in [0.2, 0.25) is 0 Å². The first-order chi connectivity index (χ1) is 11.1. The average molecular weight is 312 g/mol.